The smallest absolute Gasteiger partial charge is 0.323 e. The standard InChI is InChI=1S/C33H26N4O13S4/c38-31-25-7-3-1-5-23(25)27(17-29(31)53(45,46)47)36-51(41,42)21-13-9-19(10-14-21)34-33(40)35-20-11-15-22(16-12-20)52(43,44)37-28-18-30(54(48,49)50)32(39)26-8-4-2-6-24(26)28/h1-18,36-39H,(H2,34,35,40)(H,45,46,47)(H,48,49,50). The molecule has 0 heterocycles. The number of phenolic OH excluding ortho intramolecular Hbond substituents is 2. The number of hydrogen-bond donors (Lipinski definition) is 8. The zero-order valence-electron chi connectivity index (χ0n) is 27.0. The van der Waals surface area contributed by atoms with Gasteiger partial charge in [0.1, 0.15) is 21.3 Å². The molecule has 280 valence electrons. The van der Waals surface area contributed by atoms with E-state index in [1.54, 1.807) is 0 Å². The molecule has 6 aromatic carbocycles. The van der Waals surface area contributed by atoms with Crippen LogP contribution >= 0.6 is 0 Å². The van der Waals surface area contributed by atoms with Crippen LogP contribution in [0.5, 0.6) is 11.5 Å². The Hall–Kier alpha value is -5.97. The van der Waals surface area contributed by atoms with Gasteiger partial charge in [-0.3, -0.25) is 18.5 Å². The van der Waals surface area contributed by atoms with E-state index in [9.17, 15) is 57.8 Å². The molecule has 0 aromatic heterocycles. The Labute approximate surface area is 307 Å². The Balaban J connectivity index is 1.14. The van der Waals surface area contributed by atoms with Gasteiger partial charge in [0.15, 0.2) is 0 Å². The zero-order valence-corrected chi connectivity index (χ0v) is 30.3. The minimum absolute atomic E-state index is 0.0384. The van der Waals surface area contributed by atoms with Crippen LogP contribution in [0.25, 0.3) is 21.5 Å². The van der Waals surface area contributed by atoms with Crippen molar-refractivity contribution in [1.82, 2.24) is 0 Å². The van der Waals surface area contributed by atoms with Gasteiger partial charge < -0.3 is 20.8 Å². The Bertz CT molecular complexity index is 2740. The number of carbonyl (C=O) groups excluding carboxylic acids is 1. The van der Waals surface area contributed by atoms with E-state index in [0.29, 0.717) is 0 Å². The number of amides is 2. The molecule has 0 atom stereocenters. The second kappa shape index (κ2) is 13.8. The van der Waals surface area contributed by atoms with Crippen molar-refractivity contribution in [2.24, 2.45) is 0 Å². The molecule has 0 fully saturated rings. The van der Waals surface area contributed by atoms with Crippen molar-refractivity contribution in [1.29, 1.82) is 0 Å². The fourth-order valence-corrected chi connectivity index (χ4v) is 8.75. The normalized spacial score (nSPS) is 12.3. The number of phenols is 2. The Morgan fingerprint density at radius 1 is 0.463 bits per heavy atom. The molecule has 6 aromatic rings. The van der Waals surface area contributed by atoms with Crippen LogP contribution in [0, 0.1) is 0 Å². The van der Waals surface area contributed by atoms with Crippen LogP contribution in [-0.2, 0) is 40.3 Å². The van der Waals surface area contributed by atoms with E-state index in [1.807, 2.05) is 0 Å². The molecule has 17 nitrogen and oxygen atoms in total. The van der Waals surface area contributed by atoms with E-state index < -0.39 is 67.6 Å². The third-order valence-corrected chi connectivity index (χ3v) is 12.3. The van der Waals surface area contributed by atoms with Gasteiger partial charge in [-0.05, 0) is 60.7 Å². The van der Waals surface area contributed by atoms with E-state index in [4.69, 9.17) is 0 Å². The second-order valence-corrected chi connectivity index (χ2v) is 17.6. The van der Waals surface area contributed by atoms with Gasteiger partial charge in [-0.1, -0.05) is 48.5 Å². The lowest BCUT2D eigenvalue weighted by Gasteiger charge is -2.15. The van der Waals surface area contributed by atoms with Gasteiger partial charge in [-0.2, -0.15) is 16.8 Å². The number of aromatic hydroxyl groups is 2. The highest BCUT2D eigenvalue weighted by Gasteiger charge is 2.25. The molecule has 6 rings (SSSR count). The number of benzene rings is 6. The van der Waals surface area contributed by atoms with Gasteiger partial charge in [0.05, 0.1) is 21.2 Å². The average molecular weight is 815 g/mol. The topological polar surface area (TPSA) is 283 Å². The summed E-state index contributed by atoms with van der Waals surface area (Å²) >= 11 is 0. The lowest BCUT2D eigenvalue weighted by atomic mass is 10.1. The quantitative estimate of drug-likeness (QED) is 0.0657. The van der Waals surface area contributed by atoms with E-state index in [0.717, 1.165) is 36.4 Å². The van der Waals surface area contributed by atoms with Crippen molar-refractivity contribution in [3.8, 4) is 11.5 Å². The third kappa shape index (κ3) is 7.71. The summed E-state index contributed by atoms with van der Waals surface area (Å²) in [5, 5.41) is 25.9. The van der Waals surface area contributed by atoms with Crippen molar-refractivity contribution < 1.29 is 57.8 Å². The minimum Gasteiger partial charge on any atom is -0.506 e. The molecule has 0 aliphatic carbocycles. The van der Waals surface area contributed by atoms with Crippen LogP contribution < -0.4 is 20.1 Å². The predicted molar refractivity (Wildman–Crippen MR) is 198 cm³/mol. The highest BCUT2D eigenvalue weighted by molar-refractivity contribution is 7.93. The molecule has 2 amide bonds. The first-order chi connectivity index (χ1) is 25.2. The van der Waals surface area contributed by atoms with E-state index >= 15 is 0 Å². The molecule has 0 aliphatic heterocycles. The molecule has 0 bridgehead atoms. The Morgan fingerprint density at radius 3 is 1.09 bits per heavy atom. The molecule has 0 saturated carbocycles. The van der Waals surface area contributed by atoms with Crippen LogP contribution in [0.1, 0.15) is 0 Å². The largest absolute Gasteiger partial charge is 0.506 e. The number of carbonyl (C=O) groups is 1. The van der Waals surface area contributed by atoms with Crippen LogP contribution in [0.15, 0.2) is 129 Å². The molecule has 8 N–H and O–H groups in total. The van der Waals surface area contributed by atoms with E-state index in [2.05, 4.69) is 20.1 Å². The van der Waals surface area contributed by atoms with Crippen LogP contribution in [-0.4, -0.2) is 59.0 Å². The number of rotatable bonds is 10. The van der Waals surface area contributed by atoms with Crippen molar-refractivity contribution in [2.45, 2.75) is 19.6 Å². The molecule has 0 radical (unpaired) electrons. The van der Waals surface area contributed by atoms with Crippen molar-refractivity contribution >= 4 is 90.6 Å². The Kier molecular flexibility index (Phi) is 9.64. The minimum atomic E-state index is -4.93. The summed E-state index contributed by atoms with van der Waals surface area (Å²) in [4.78, 5) is 10.3. The van der Waals surface area contributed by atoms with Crippen LogP contribution in [0.2, 0.25) is 0 Å². The summed E-state index contributed by atoms with van der Waals surface area (Å²) in [6.07, 6.45) is 0. The molecule has 0 spiro atoms. The summed E-state index contributed by atoms with van der Waals surface area (Å²) < 4.78 is 124. The lowest BCUT2D eigenvalue weighted by Crippen LogP contribution is -2.20. The van der Waals surface area contributed by atoms with Crippen molar-refractivity contribution in [2.75, 3.05) is 20.1 Å². The highest BCUT2D eigenvalue weighted by atomic mass is 32.2. The molecule has 21 heteroatoms. The molecule has 0 unspecified atom stereocenters. The number of fused-ring (bicyclic) bond motifs is 2. The van der Waals surface area contributed by atoms with Crippen LogP contribution in [0.3, 0.4) is 0 Å². The molecule has 0 saturated heterocycles. The fourth-order valence-electron chi connectivity index (χ4n) is 5.37. The monoisotopic (exact) mass is 814 g/mol. The van der Waals surface area contributed by atoms with Gasteiger partial charge in [0.25, 0.3) is 40.3 Å². The summed E-state index contributed by atoms with van der Waals surface area (Å²) in [5.41, 5.74) is -0.201. The van der Waals surface area contributed by atoms with Crippen molar-refractivity contribution in [3.63, 3.8) is 0 Å². The second-order valence-electron chi connectivity index (χ2n) is 11.4. The van der Waals surface area contributed by atoms with Gasteiger partial charge in [0, 0.05) is 32.9 Å². The van der Waals surface area contributed by atoms with Gasteiger partial charge in [0.2, 0.25) is 0 Å². The molecular weight excluding hydrogens is 789 g/mol. The van der Waals surface area contributed by atoms with Crippen molar-refractivity contribution in [3.05, 3.63) is 109 Å². The average Bonchev–Trinajstić information content (AvgIpc) is 3.10. The first-order valence-electron chi connectivity index (χ1n) is 15.0. The third-order valence-electron chi connectivity index (χ3n) is 7.85. The number of hydrogen-bond acceptors (Lipinski definition) is 11. The van der Waals surface area contributed by atoms with E-state index in [1.165, 1.54) is 72.8 Å². The maximum atomic E-state index is 13.2. The summed E-state index contributed by atoms with van der Waals surface area (Å²) in [7, 11) is -18.6. The first-order valence-corrected chi connectivity index (χ1v) is 20.9. The summed E-state index contributed by atoms with van der Waals surface area (Å²) in [6, 6.07) is 21.9. The number of anilines is 4. The zero-order chi connectivity index (χ0) is 39.2. The van der Waals surface area contributed by atoms with Gasteiger partial charge in [-0.25, -0.2) is 21.6 Å². The van der Waals surface area contributed by atoms with Gasteiger partial charge in [-0.15, -0.1) is 0 Å². The first kappa shape index (κ1) is 37.8. The maximum absolute atomic E-state index is 13.2. The predicted octanol–water partition coefficient (Wildman–Crippen LogP) is 5.14. The summed E-state index contributed by atoms with van der Waals surface area (Å²) in [5.74, 6) is -1.53. The molecular formula is C33H26N4O13S4. The molecule has 0 aliphatic rings. The fraction of sp³-hybridized carbons (Fsp3) is 0. The SMILES string of the molecule is O=C(Nc1ccc(S(=O)(=O)Nc2cc(S(=O)(=O)O)c(O)c3ccccc23)cc1)Nc1ccc(S(=O)(=O)Nc2cc(S(=O)(=O)O)c(O)c3ccccc23)cc1. The number of nitrogens with one attached hydrogen (secondary N) is 4. The summed E-state index contributed by atoms with van der Waals surface area (Å²) in [6.45, 7) is 0. The maximum Gasteiger partial charge on any atom is 0.323 e. The lowest BCUT2D eigenvalue weighted by molar-refractivity contribution is 0.262. The van der Waals surface area contributed by atoms with Gasteiger partial charge >= 0.3 is 6.03 Å². The van der Waals surface area contributed by atoms with E-state index in [-0.39, 0.29) is 54.1 Å². The Morgan fingerprint density at radius 2 is 0.778 bits per heavy atom. The van der Waals surface area contributed by atoms with Crippen LogP contribution in [0.4, 0.5) is 27.5 Å². The number of urea groups is 1. The number of sulfonamides is 2. The molecule has 54 heavy (non-hydrogen) atoms. The highest BCUT2D eigenvalue weighted by Crippen LogP contribution is 2.39.